The molecule has 2 aromatic carbocycles. The number of aromatic carboxylic acids is 1. The first-order chi connectivity index (χ1) is 11.2. The fourth-order valence-corrected chi connectivity index (χ4v) is 1.74. The van der Waals surface area contributed by atoms with E-state index in [4.69, 9.17) is 10.8 Å². The molecule has 4 N–H and O–H groups in total. The summed E-state index contributed by atoms with van der Waals surface area (Å²) in [6.45, 7) is 2.93. The van der Waals surface area contributed by atoms with E-state index in [1.165, 1.54) is 25.1 Å². The second kappa shape index (κ2) is 8.33. The van der Waals surface area contributed by atoms with Gasteiger partial charge in [0.1, 0.15) is 17.1 Å². The van der Waals surface area contributed by atoms with Gasteiger partial charge >= 0.3 is 11.9 Å². The molecular weight excluding hydrogens is 314 g/mol. The maximum Gasteiger partial charge on any atom is 0.339 e. The molecule has 2 rings (SSSR count). The van der Waals surface area contributed by atoms with E-state index < -0.39 is 17.8 Å². The molecular formula is C17H17NO6. The number of rotatable bonds is 3. The number of primary amides is 1. The normalized spacial score (nSPS) is 9.42. The lowest BCUT2D eigenvalue weighted by atomic mass is 10.1. The highest BCUT2D eigenvalue weighted by Crippen LogP contribution is 2.20. The van der Waals surface area contributed by atoms with Crippen LogP contribution in [0.4, 0.5) is 0 Å². The number of nitrogens with two attached hydrogens (primary N) is 1. The van der Waals surface area contributed by atoms with Crippen LogP contribution < -0.4 is 10.5 Å². The minimum Gasteiger partial charge on any atom is -0.507 e. The standard InChI is InChI=1S/C9H8O4.C8H9NO2/c1-6(10)13-8-5-3-2-4-7(8)9(11)12;1-5-3-2-4-6(7(5)10)8(9)11/h2-5H,1H3,(H,11,12);2-4,10H,1H3,(H2,9,11). The Balaban J connectivity index is 0.000000243. The summed E-state index contributed by atoms with van der Waals surface area (Å²) >= 11 is 0. The van der Waals surface area contributed by atoms with Gasteiger partial charge in [0.2, 0.25) is 0 Å². The van der Waals surface area contributed by atoms with E-state index >= 15 is 0 Å². The van der Waals surface area contributed by atoms with Crippen LogP contribution in [0.15, 0.2) is 42.5 Å². The van der Waals surface area contributed by atoms with Crippen LogP contribution in [0.5, 0.6) is 11.5 Å². The number of aryl methyl sites for hydroxylation is 1. The highest BCUT2D eigenvalue weighted by molar-refractivity contribution is 5.95. The predicted octanol–water partition coefficient (Wildman–Crippen LogP) is 2.11. The van der Waals surface area contributed by atoms with Crippen molar-refractivity contribution in [1.82, 2.24) is 0 Å². The predicted molar refractivity (Wildman–Crippen MR) is 86.1 cm³/mol. The van der Waals surface area contributed by atoms with Crippen LogP contribution in [0, 0.1) is 6.92 Å². The number of phenols is 1. The van der Waals surface area contributed by atoms with Gasteiger partial charge in [-0.1, -0.05) is 24.3 Å². The zero-order chi connectivity index (χ0) is 18.3. The molecule has 0 aliphatic carbocycles. The number of para-hydroxylation sites is 2. The van der Waals surface area contributed by atoms with Gasteiger partial charge in [-0.3, -0.25) is 9.59 Å². The van der Waals surface area contributed by atoms with Crippen LogP contribution in [0.25, 0.3) is 0 Å². The van der Waals surface area contributed by atoms with Crippen LogP contribution >= 0.6 is 0 Å². The Morgan fingerprint density at radius 3 is 2.08 bits per heavy atom. The second-order valence-corrected chi connectivity index (χ2v) is 4.73. The minimum absolute atomic E-state index is 0.0160. The Labute approximate surface area is 138 Å². The van der Waals surface area contributed by atoms with Crippen LogP contribution in [-0.2, 0) is 4.79 Å². The summed E-state index contributed by atoms with van der Waals surface area (Å²) in [5.74, 6) is -2.21. The number of esters is 1. The molecule has 0 fully saturated rings. The summed E-state index contributed by atoms with van der Waals surface area (Å²) in [6, 6.07) is 10.9. The summed E-state index contributed by atoms with van der Waals surface area (Å²) in [7, 11) is 0. The lowest BCUT2D eigenvalue weighted by Crippen LogP contribution is -2.11. The molecule has 0 saturated carbocycles. The highest BCUT2D eigenvalue weighted by atomic mass is 16.5. The molecule has 0 bridgehead atoms. The smallest absolute Gasteiger partial charge is 0.339 e. The van der Waals surface area contributed by atoms with Crippen molar-refractivity contribution in [3.05, 3.63) is 59.2 Å². The fourth-order valence-electron chi connectivity index (χ4n) is 1.74. The van der Waals surface area contributed by atoms with Gasteiger partial charge in [-0.25, -0.2) is 4.79 Å². The molecule has 2 aromatic rings. The monoisotopic (exact) mass is 331 g/mol. The highest BCUT2D eigenvalue weighted by Gasteiger charge is 2.11. The average molecular weight is 331 g/mol. The van der Waals surface area contributed by atoms with E-state index in [1.807, 2.05) is 0 Å². The molecule has 0 atom stereocenters. The van der Waals surface area contributed by atoms with Crippen LogP contribution in [0.1, 0.15) is 33.2 Å². The third-order valence-corrected chi connectivity index (χ3v) is 2.87. The fraction of sp³-hybridized carbons (Fsp3) is 0.118. The summed E-state index contributed by atoms with van der Waals surface area (Å²) < 4.78 is 4.69. The van der Waals surface area contributed by atoms with E-state index in [-0.39, 0.29) is 22.6 Å². The summed E-state index contributed by atoms with van der Waals surface area (Å²) in [5, 5.41) is 18.0. The van der Waals surface area contributed by atoms with Gasteiger partial charge in [-0.2, -0.15) is 0 Å². The largest absolute Gasteiger partial charge is 0.507 e. The Morgan fingerprint density at radius 2 is 1.58 bits per heavy atom. The van der Waals surface area contributed by atoms with Gasteiger partial charge in [0.25, 0.3) is 5.91 Å². The van der Waals surface area contributed by atoms with E-state index in [9.17, 15) is 19.5 Å². The van der Waals surface area contributed by atoms with Gasteiger partial charge < -0.3 is 20.7 Å². The Bertz CT molecular complexity index is 769. The van der Waals surface area contributed by atoms with E-state index in [0.29, 0.717) is 5.56 Å². The molecule has 0 aliphatic rings. The number of carbonyl (C=O) groups is 3. The molecule has 1 amide bonds. The Kier molecular flexibility index (Phi) is 6.49. The van der Waals surface area contributed by atoms with Crippen molar-refractivity contribution in [1.29, 1.82) is 0 Å². The van der Waals surface area contributed by atoms with Crippen LogP contribution in [0.2, 0.25) is 0 Å². The number of aromatic hydroxyl groups is 1. The van der Waals surface area contributed by atoms with Gasteiger partial charge in [0.05, 0.1) is 5.56 Å². The van der Waals surface area contributed by atoms with Crippen molar-refractivity contribution in [2.24, 2.45) is 5.73 Å². The van der Waals surface area contributed by atoms with Crippen molar-refractivity contribution in [2.45, 2.75) is 13.8 Å². The van der Waals surface area contributed by atoms with E-state index in [1.54, 1.807) is 31.2 Å². The molecule has 7 nitrogen and oxygen atoms in total. The number of carboxylic acids is 1. The maximum absolute atomic E-state index is 10.6. The zero-order valence-electron chi connectivity index (χ0n) is 13.1. The number of hydrogen-bond donors (Lipinski definition) is 3. The van der Waals surface area contributed by atoms with Gasteiger partial charge in [0.15, 0.2) is 0 Å². The number of carboxylic acid groups (broad SMARTS) is 1. The molecule has 0 heterocycles. The SMILES string of the molecule is CC(=O)Oc1ccccc1C(=O)O.Cc1cccc(C(N)=O)c1O. The van der Waals surface area contributed by atoms with Gasteiger partial charge in [-0.05, 0) is 30.7 Å². The van der Waals surface area contributed by atoms with Crippen molar-refractivity contribution in [3.8, 4) is 11.5 Å². The maximum atomic E-state index is 10.6. The van der Waals surface area contributed by atoms with Crippen molar-refractivity contribution >= 4 is 17.8 Å². The molecule has 0 radical (unpaired) electrons. The Hall–Kier alpha value is -3.35. The number of amides is 1. The van der Waals surface area contributed by atoms with E-state index in [2.05, 4.69) is 4.74 Å². The molecule has 0 saturated heterocycles. The summed E-state index contributed by atoms with van der Waals surface area (Å²) in [6.07, 6.45) is 0. The minimum atomic E-state index is -1.11. The lowest BCUT2D eigenvalue weighted by Gasteiger charge is -2.03. The first-order valence-electron chi connectivity index (χ1n) is 6.83. The molecule has 126 valence electrons. The molecule has 0 aromatic heterocycles. The first-order valence-corrected chi connectivity index (χ1v) is 6.83. The lowest BCUT2D eigenvalue weighted by molar-refractivity contribution is -0.131. The third kappa shape index (κ3) is 5.13. The third-order valence-electron chi connectivity index (χ3n) is 2.87. The molecule has 24 heavy (non-hydrogen) atoms. The second-order valence-electron chi connectivity index (χ2n) is 4.73. The van der Waals surface area contributed by atoms with E-state index in [0.717, 1.165) is 0 Å². The molecule has 7 heteroatoms. The summed E-state index contributed by atoms with van der Waals surface area (Å²) in [5.41, 5.74) is 5.79. The average Bonchev–Trinajstić information content (AvgIpc) is 2.50. The quantitative estimate of drug-likeness (QED) is 0.584. The first kappa shape index (κ1) is 18.7. The number of carbonyl (C=O) groups excluding carboxylic acids is 2. The van der Waals surface area contributed by atoms with Crippen LogP contribution in [-0.4, -0.2) is 28.1 Å². The van der Waals surface area contributed by atoms with Gasteiger partial charge in [-0.15, -0.1) is 0 Å². The van der Waals surface area contributed by atoms with Crippen LogP contribution in [0.3, 0.4) is 0 Å². The van der Waals surface area contributed by atoms with Crippen molar-refractivity contribution in [2.75, 3.05) is 0 Å². The topological polar surface area (TPSA) is 127 Å². The number of ether oxygens (including phenoxy) is 1. The number of hydrogen-bond acceptors (Lipinski definition) is 5. The van der Waals surface area contributed by atoms with Crippen molar-refractivity contribution in [3.63, 3.8) is 0 Å². The zero-order valence-corrected chi connectivity index (χ0v) is 13.1. The number of benzene rings is 2. The van der Waals surface area contributed by atoms with Crippen molar-refractivity contribution < 1.29 is 29.3 Å². The summed E-state index contributed by atoms with van der Waals surface area (Å²) in [4.78, 5) is 31.8. The molecule has 0 aliphatic heterocycles. The molecule has 0 spiro atoms. The molecule has 0 unspecified atom stereocenters. The Morgan fingerprint density at radius 1 is 1.00 bits per heavy atom. The van der Waals surface area contributed by atoms with Gasteiger partial charge in [0, 0.05) is 6.92 Å².